The molecule has 2 heterocycles. The fourth-order valence-corrected chi connectivity index (χ4v) is 6.79. The van der Waals surface area contributed by atoms with Crippen LogP contribution in [0.5, 0.6) is 5.75 Å². The molecule has 6 amide bonds. The number of aliphatic hydroxyl groups excluding tert-OH is 4. The predicted octanol–water partition coefficient (Wildman–Crippen LogP) is -2.33. The van der Waals surface area contributed by atoms with Crippen LogP contribution in [0.1, 0.15) is 45.1 Å². The number of amides is 6. The first-order valence-corrected chi connectivity index (χ1v) is 23.7. The normalized spacial score (nSPS) is 20.8. The van der Waals surface area contributed by atoms with E-state index in [4.69, 9.17) is 33.2 Å². The number of likely N-dealkylation sites (tertiary alicyclic amines) is 1. The smallest absolute Gasteiger partial charge is 0.410 e. The number of rotatable bonds is 31. The van der Waals surface area contributed by atoms with Crippen molar-refractivity contribution in [1.82, 2.24) is 20.4 Å². The molecule has 24 nitrogen and oxygen atoms in total. The highest BCUT2D eigenvalue weighted by molar-refractivity contribution is 7.90. The molecule has 0 saturated carbocycles. The van der Waals surface area contributed by atoms with Gasteiger partial charge >= 0.3 is 6.09 Å². The maximum Gasteiger partial charge on any atom is 0.410 e. The summed E-state index contributed by atoms with van der Waals surface area (Å²) in [6.45, 7) is 4.80. The minimum absolute atomic E-state index is 0.00986. The average molecular weight is 964 g/mol. The van der Waals surface area contributed by atoms with Gasteiger partial charge in [-0.2, -0.15) is 0 Å². The van der Waals surface area contributed by atoms with Gasteiger partial charge in [-0.1, -0.05) is 13.0 Å². The Morgan fingerprint density at radius 2 is 1.45 bits per heavy atom. The first kappa shape index (κ1) is 55.8. The molecule has 2 saturated heterocycles. The van der Waals surface area contributed by atoms with Crippen molar-refractivity contribution in [2.45, 2.75) is 76.8 Å². The van der Waals surface area contributed by atoms with Crippen LogP contribution < -0.4 is 20.7 Å². The fourth-order valence-electron chi connectivity index (χ4n) is 6.24. The fraction of sp³-hybridized carbons (Fsp3) is 0.707. The zero-order valence-electron chi connectivity index (χ0n) is 37.6. The van der Waals surface area contributed by atoms with Crippen molar-refractivity contribution in [2.75, 3.05) is 110 Å². The Balaban J connectivity index is 1.30. The Hall–Kier alpha value is -4.57. The van der Waals surface area contributed by atoms with Gasteiger partial charge < -0.3 is 74.4 Å². The number of ether oxygens (including phenoxy) is 7. The second kappa shape index (κ2) is 29.2. The van der Waals surface area contributed by atoms with Gasteiger partial charge in [-0.25, -0.2) is 13.2 Å². The Bertz CT molecular complexity index is 1840. The molecule has 374 valence electrons. The summed E-state index contributed by atoms with van der Waals surface area (Å²) >= 11 is 0. The molecule has 1 aromatic carbocycles. The van der Waals surface area contributed by atoms with Gasteiger partial charge in [0.1, 0.15) is 46.6 Å². The molecule has 66 heavy (non-hydrogen) atoms. The monoisotopic (exact) mass is 963 g/mol. The maximum absolute atomic E-state index is 13.0. The van der Waals surface area contributed by atoms with E-state index in [1.165, 1.54) is 23.1 Å². The number of imide groups is 1. The lowest BCUT2D eigenvalue weighted by atomic mass is 9.99. The minimum Gasteiger partial charge on any atom is -0.460 e. The summed E-state index contributed by atoms with van der Waals surface area (Å²) in [5.41, 5.74) is 0.390. The van der Waals surface area contributed by atoms with E-state index in [9.17, 15) is 57.6 Å². The van der Waals surface area contributed by atoms with Gasteiger partial charge in [0.05, 0.1) is 70.9 Å². The molecular formula is C41H65N5O19S. The number of carbonyl (C=O) groups excluding carboxylic acids is 6. The molecule has 0 aliphatic carbocycles. The molecule has 25 heteroatoms. The first-order valence-electron chi connectivity index (χ1n) is 21.6. The van der Waals surface area contributed by atoms with Crippen molar-refractivity contribution in [2.24, 2.45) is 5.92 Å². The second-order valence-corrected chi connectivity index (χ2v) is 17.6. The summed E-state index contributed by atoms with van der Waals surface area (Å²) in [7, 11) is -3.34. The lowest BCUT2D eigenvalue weighted by Crippen LogP contribution is -2.60. The van der Waals surface area contributed by atoms with Crippen molar-refractivity contribution in [3.8, 4) is 5.75 Å². The zero-order chi connectivity index (χ0) is 48.6. The number of benzene rings is 1. The van der Waals surface area contributed by atoms with E-state index < -0.39 is 59.2 Å². The highest BCUT2D eigenvalue weighted by Gasteiger charge is 2.45. The van der Waals surface area contributed by atoms with E-state index in [0.717, 1.165) is 11.2 Å². The average Bonchev–Trinajstić information content (AvgIpc) is 3.52. The third-order valence-corrected chi connectivity index (χ3v) is 10.9. The van der Waals surface area contributed by atoms with Crippen molar-refractivity contribution in [3.05, 3.63) is 23.8 Å². The first-order chi connectivity index (χ1) is 31.4. The number of carbonyl (C=O) groups is 6. The summed E-state index contributed by atoms with van der Waals surface area (Å²) in [4.78, 5) is 76.1. The Morgan fingerprint density at radius 3 is 2.06 bits per heavy atom. The summed E-state index contributed by atoms with van der Waals surface area (Å²) in [6.07, 6.45) is -7.67. The number of nitrogens with one attached hydrogen (secondary N) is 3. The molecule has 0 spiro atoms. The van der Waals surface area contributed by atoms with Gasteiger partial charge in [0.2, 0.25) is 35.8 Å². The molecular weight excluding hydrogens is 899 g/mol. The van der Waals surface area contributed by atoms with Gasteiger partial charge in [0, 0.05) is 70.6 Å². The molecule has 6 atom stereocenters. The van der Waals surface area contributed by atoms with Gasteiger partial charge in [0.15, 0.2) is 0 Å². The van der Waals surface area contributed by atoms with Crippen molar-refractivity contribution in [3.63, 3.8) is 0 Å². The van der Waals surface area contributed by atoms with Crippen LogP contribution in [0.3, 0.4) is 0 Å². The Labute approximate surface area is 383 Å². The SMILES string of the molecule is CCN(CCS(C)(=O)=O)C(=O)OCc1ccc(O[C@@H]2O[C@H](CO)[C@H](O)[C@H](O)[C@H]2O)c(NC(=O)CCNC(=O)CCOCCOCCOCCOCCNC(=O)CCN2C(=O)CC(C)C2=O)c1. The maximum atomic E-state index is 13.0. The van der Waals surface area contributed by atoms with E-state index >= 15 is 0 Å². The molecule has 0 aromatic heterocycles. The number of sulfone groups is 1. The van der Waals surface area contributed by atoms with Gasteiger partial charge in [-0.05, 0) is 24.6 Å². The van der Waals surface area contributed by atoms with Crippen LogP contribution >= 0.6 is 0 Å². The van der Waals surface area contributed by atoms with Crippen LogP contribution in [0.15, 0.2) is 18.2 Å². The number of hydrogen-bond acceptors (Lipinski definition) is 19. The minimum atomic E-state index is -3.34. The zero-order valence-corrected chi connectivity index (χ0v) is 38.4. The molecule has 2 fully saturated rings. The van der Waals surface area contributed by atoms with Crippen molar-refractivity contribution < 1.29 is 90.8 Å². The van der Waals surface area contributed by atoms with Gasteiger partial charge in [-0.15, -0.1) is 0 Å². The summed E-state index contributed by atoms with van der Waals surface area (Å²) in [5, 5.41) is 48.4. The standard InChI is InChI=1S/C41H65N5O19S/c1-4-45(13-22-66(3,57)58)41(56)63-26-28-5-6-30(64-40-38(54)37(53)36(52)31(25-47)65-40)29(24-28)44-34(50)7-10-42-33(49)9-14-59-16-18-61-20-21-62-19-17-60-15-11-43-32(48)8-12-46-35(51)23-27(2)39(46)55/h5-6,24,27,31,36-38,40,47,52-54H,4,7-23,25-26H2,1-3H3,(H,42,49)(H,43,48)(H,44,50)/t27?,31-,36+,37+,38-,40-/m1/s1. The van der Waals surface area contributed by atoms with E-state index in [2.05, 4.69) is 16.0 Å². The molecule has 2 aliphatic heterocycles. The van der Waals surface area contributed by atoms with Gasteiger partial charge in [0.25, 0.3) is 0 Å². The summed E-state index contributed by atoms with van der Waals surface area (Å²) < 4.78 is 61.5. The van der Waals surface area contributed by atoms with Crippen molar-refractivity contribution >= 4 is 51.2 Å². The molecule has 1 aromatic rings. The molecule has 2 aliphatic rings. The van der Waals surface area contributed by atoms with Crippen LogP contribution in [0.2, 0.25) is 0 Å². The molecule has 7 N–H and O–H groups in total. The Morgan fingerprint density at radius 1 is 0.833 bits per heavy atom. The molecule has 1 unspecified atom stereocenters. The highest BCUT2D eigenvalue weighted by Crippen LogP contribution is 2.31. The molecule has 3 rings (SSSR count). The number of nitrogens with zero attached hydrogens (tertiary/aromatic N) is 2. The molecule has 0 radical (unpaired) electrons. The molecule has 0 bridgehead atoms. The third kappa shape index (κ3) is 20.1. The summed E-state index contributed by atoms with van der Waals surface area (Å²) in [5.74, 6) is -2.41. The summed E-state index contributed by atoms with van der Waals surface area (Å²) in [6, 6.07) is 4.25. The lowest BCUT2D eigenvalue weighted by molar-refractivity contribution is -0.277. The number of hydrogen-bond donors (Lipinski definition) is 7. The predicted molar refractivity (Wildman–Crippen MR) is 230 cm³/mol. The number of aliphatic hydroxyl groups is 4. The van der Waals surface area contributed by atoms with Crippen LogP contribution in [-0.4, -0.2) is 209 Å². The third-order valence-electron chi connectivity index (χ3n) is 10.0. The topological polar surface area (TPSA) is 325 Å². The largest absolute Gasteiger partial charge is 0.460 e. The van der Waals surface area contributed by atoms with Gasteiger partial charge in [-0.3, -0.25) is 28.9 Å². The van der Waals surface area contributed by atoms with E-state index in [0.29, 0.717) is 32.0 Å². The van der Waals surface area contributed by atoms with Crippen LogP contribution in [0.4, 0.5) is 10.5 Å². The van der Waals surface area contributed by atoms with E-state index in [-0.39, 0.29) is 138 Å². The number of anilines is 1. The van der Waals surface area contributed by atoms with Crippen molar-refractivity contribution in [1.29, 1.82) is 0 Å². The van der Waals surface area contributed by atoms with Crippen LogP contribution in [-0.2, 0) is 68.8 Å². The highest BCUT2D eigenvalue weighted by atomic mass is 32.2. The van der Waals surface area contributed by atoms with E-state index in [1.54, 1.807) is 13.8 Å². The quantitative estimate of drug-likeness (QED) is 0.0303. The van der Waals surface area contributed by atoms with E-state index in [1.807, 2.05) is 0 Å². The lowest BCUT2D eigenvalue weighted by Gasteiger charge is -2.39. The second-order valence-electron chi connectivity index (χ2n) is 15.3. The van der Waals surface area contributed by atoms with Crippen LogP contribution in [0.25, 0.3) is 0 Å². The van der Waals surface area contributed by atoms with Crippen LogP contribution in [0, 0.1) is 5.92 Å². The Kier molecular flexibility index (Phi) is 24.7.